The van der Waals surface area contributed by atoms with E-state index in [-0.39, 0.29) is 18.3 Å². The second kappa shape index (κ2) is 11.3. The highest BCUT2D eigenvalue weighted by Gasteiger charge is 2.35. The quantitative estimate of drug-likeness (QED) is 0.224. The lowest BCUT2D eigenvalue weighted by atomic mass is 9.97. The number of nitrogens with zero attached hydrogens (tertiary/aromatic N) is 2. The molecule has 0 saturated carbocycles. The molecule has 6 nitrogen and oxygen atoms in total. The van der Waals surface area contributed by atoms with E-state index in [2.05, 4.69) is 0 Å². The summed E-state index contributed by atoms with van der Waals surface area (Å²) in [5, 5.41) is 3.99. The van der Waals surface area contributed by atoms with E-state index in [1.807, 2.05) is 104 Å². The van der Waals surface area contributed by atoms with E-state index in [9.17, 15) is 9.59 Å². The largest absolute Gasteiger partial charge is 0.490 e. The van der Waals surface area contributed by atoms with Gasteiger partial charge in [0, 0.05) is 16.0 Å². The van der Waals surface area contributed by atoms with Crippen LogP contribution < -0.4 is 19.6 Å². The Bertz CT molecular complexity index is 1950. The van der Waals surface area contributed by atoms with E-state index in [4.69, 9.17) is 14.5 Å². The second-order valence-corrected chi connectivity index (χ2v) is 11.8. The Morgan fingerprint density at radius 1 is 1.02 bits per heavy atom. The molecule has 0 aliphatic carbocycles. The van der Waals surface area contributed by atoms with Gasteiger partial charge in [0.15, 0.2) is 4.80 Å². The Hall–Kier alpha value is -4.27. The fourth-order valence-electron chi connectivity index (χ4n) is 5.07. The van der Waals surface area contributed by atoms with E-state index < -0.39 is 12.0 Å². The summed E-state index contributed by atoms with van der Waals surface area (Å²) in [6.45, 7) is 5.95. The summed E-state index contributed by atoms with van der Waals surface area (Å²) in [7, 11) is 0. The van der Waals surface area contributed by atoms with Crippen molar-refractivity contribution in [2.75, 3.05) is 6.61 Å². The maximum Gasteiger partial charge on any atom is 0.338 e. The molecule has 3 aromatic carbocycles. The van der Waals surface area contributed by atoms with E-state index in [0.29, 0.717) is 26.4 Å². The van der Waals surface area contributed by atoms with Crippen molar-refractivity contribution in [3.8, 4) is 5.75 Å². The van der Waals surface area contributed by atoms with Crippen molar-refractivity contribution < 1.29 is 14.3 Å². The Morgan fingerprint density at radius 3 is 2.54 bits per heavy atom. The molecule has 1 atom stereocenters. The van der Waals surface area contributed by atoms with Crippen LogP contribution in [0.3, 0.4) is 0 Å². The van der Waals surface area contributed by atoms with E-state index in [1.54, 1.807) is 11.5 Å². The zero-order valence-corrected chi connectivity index (χ0v) is 24.5. The summed E-state index contributed by atoms with van der Waals surface area (Å²) in [6, 6.07) is 24.8. The Morgan fingerprint density at radius 2 is 1.80 bits per heavy atom. The lowest BCUT2D eigenvalue weighted by Crippen LogP contribution is -2.39. The predicted molar refractivity (Wildman–Crippen MR) is 165 cm³/mol. The van der Waals surface area contributed by atoms with Crippen molar-refractivity contribution in [2.45, 2.75) is 32.9 Å². The molecular formula is C33H28N2O4S2. The van der Waals surface area contributed by atoms with Crippen LogP contribution in [0.25, 0.3) is 22.5 Å². The van der Waals surface area contributed by atoms with Crippen molar-refractivity contribution >= 4 is 51.2 Å². The van der Waals surface area contributed by atoms with Gasteiger partial charge in [-0.15, -0.1) is 11.3 Å². The molecular weight excluding hydrogens is 553 g/mol. The molecule has 1 aliphatic heterocycles. The second-order valence-electron chi connectivity index (χ2n) is 9.81. The van der Waals surface area contributed by atoms with Crippen molar-refractivity contribution in [3.05, 3.63) is 126 Å². The first kappa shape index (κ1) is 26.9. The molecule has 0 saturated heterocycles. The van der Waals surface area contributed by atoms with Gasteiger partial charge in [-0.05, 0) is 55.1 Å². The van der Waals surface area contributed by atoms with Gasteiger partial charge in [0.25, 0.3) is 5.56 Å². The number of fused-ring (bicyclic) bond motifs is 2. The first-order chi connectivity index (χ1) is 20.0. The van der Waals surface area contributed by atoms with Crippen LogP contribution in [0.15, 0.2) is 99.6 Å². The fourth-order valence-corrected chi connectivity index (χ4v) is 6.87. The van der Waals surface area contributed by atoms with Crippen molar-refractivity contribution in [1.29, 1.82) is 0 Å². The van der Waals surface area contributed by atoms with Gasteiger partial charge in [-0.2, -0.15) is 0 Å². The molecule has 8 heteroatoms. The Kier molecular flexibility index (Phi) is 7.43. The number of hydrogen-bond acceptors (Lipinski definition) is 7. The number of hydrogen-bond donors (Lipinski definition) is 0. The molecule has 206 valence electrons. The number of aromatic nitrogens is 1. The maximum absolute atomic E-state index is 14.2. The molecule has 2 aromatic heterocycles. The summed E-state index contributed by atoms with van der Waals surface area (Å²) < 4.78 is 13.8. The summed E-state index contributed by atoms with van der Waals surface area (Å²) in [6.07, 6.45) is 1.86. The molecule has 41 heavy (non-hydrogen) atoms. The van der Waals surface area contributed by atoms with Crippen LogP contribution in [0.2, 0.25) is 0 Å². The normalized spacial score (nSPS) is 15.2. The van der Waals surface area contributed by atoms with Gasteiger partial charge in [0.1, 0.15) is 11.8 Å². The minimum absolute atomic E-state index is 0.0380. The fraction of sp³-hybridized carbons (Fsp3) is 0.182. The molecule has 0 N–H and O–H groups in total. The summed E-state index contributed by atoms with van der Waals surface area (Å²) in [5.74, 6) is 0.223. The zero-order chi connectivity index (χ0) is 28.5. The smallest absolute Gasteiger partial charge is 0.338 e. The molecule has 6 rings (SSSR count). The van der Waals surface area contributed by atoms with Gasteiger partial charge < -0.3 is 9.47 Å². The highest BCUT2D eigenvalue weighted by Crippen LogP contribution is 2.37. The van der Waals surface area contributed by atoms with Crippen LogP contribution >= 0.6 is 22.7 Å². The van der Waals surface area contributed by atoms with Crippen LogP contribution in [-0.4, -0.2) is 23.2 Å². The first-order valence-electron chi connectivity index (χ1n) is 13.5. The van der Waals surface area contributed by atoms with Crippen LogP contribution in [0.5, 0.6) is 5.75 Å². The van der Waals surface area contributed by atoms with Gasteiger partial charge in [0.2, 0.25) is 0 Å². The third kappa shape index (κ3) is 5.05. The molecule has 0 bridgehead atoms. The Labute approximate surface area is 245 Å². The molecule has 0 fully saturated rings. The number of ether oxygens (including phenoxy) is 2. The van der Waals surface area contributed by atoms with Crippen molar-refractivity contribution in [3.63, 3.8) is 0 Å². The van der Waals surface area contributed by atoms with Gasteiger partial charge in [-0.25, -0.2) is 9.79 Å². The average molecular weight is 581 g/mol. The molecule has 3 heterocycles. The standard InChI is InChI=1S/C33H28N2O4S2/c1-4-38-32(37)28-29(22-12-6-5-7-13-22)34-33-35(30(28)26-15-10-18-40-26)31(36)27(41-33)19-24-23-14-9-8-11-21(23)16-17-25(24)39-20(2)3/h5-20,30H,4H2,1-3H3/b27-19-/t30-/m0/s1. The monoisotopic (exact) mass is 580 g/mol. The van der Waals surface area contributed by atoms with Crippen molar-refractivity contribution in [1.82, 2.24) is 4.57 Å². The molecule has 0 radical (unpaired) electrons. The van der Waals surface area contributed by atoms with E-state index >= 15 is 0 Å². The van der Waals surface area contributed by atoms with Crippen LogP contribution in [0.4, 0.5) is 0 Å². The third-order valence-electron chi connectivity index (χ3n) is 6.76. The number of carbonyl (C=O) groups excluding carboxylic acids is 1. The van der Waals surface area contributed by atoms with Crippen LogP contribution in [0, 0.1) is 0 Å². The molecule has 0 spiro atoms. The number of thiazole rings is 1. The SMILES string of the molecule is CCOC(=O)C1=C(c2ccccc2)N=c2s/c(=C\c3c(OC(C)C)ccc4ccccc34)c(=O)n2[C@H]1c1cccs1. The highest BCUT2D eigenvalue weighted by molar-refractivity contribution is 7.10. The van der Waals surface area contributed by atoms with Gasteiger partial charge in [0.05, 0.1) is 28.5 Å². The minimum atomic E-state index is -0.665. The van der Waals surface area contributed by atoms with Gasteiger partial charge in [-0.3, -0.25) is 9.36 Å². The van der Waals surface area contributed by atoms with Crippen molar-refractivity contribution in [2.24, 2.45) is 4.99 Å². The Balaban J connectivity index is 1.65. The topological polar surface area (TPSA) is 69.9 Å². The number of rotatable bonds is 7. The van der Waals surface area contributed by atoms with Gasteiger partial charge >= 0.3 is 5.97 Å². The predicted octanol–water partition coefficient (Wildman–Crippen LogP) is 5.94. The number of esters is 1. The summed E-state index contributed by atoms with van der Waals surface area (Å²) in [4.78, 5) is 34.1. The summed E-state index contributed by atoms with van der Waals surface area (Å²) >= 11 is 2.80. The van der Waals surface area contributed by atoms with Crippen LogP contribution in [-0.2, 0) is 9.53 Å². The maximum atomic E-state index is 14.2. The molecule has 0 amide bonds. The number of thiophene rings is 1. The van der Waals surface area contributed by atoms with E-state index in [0.717, 1.165) is 26.8 Å². The number of carbonyl (C=O) groups is 1. The molecule has 1 aliphatic rings. The first-order valence-corrected chi connectivity index (χ1v) is 15.2. The van der Waals surface area contributed by atoms with Gasteiger partial charge in [-0.1, -0.05) is 78.1 Å². The third-order valence-corrected chi connectivity index (χ3v) is 8.66. The van der Waals surface area contributed by atoms with E-state index in [1.165, 1.54) is 22.7 Å². The van der Waals surface area contributed by atoms with Crippen LogP contribution in [0.1, 0.15) is 42.8 Å². The zero-order valence-electron chi connectivity index (χ0n) is 22.9. The number of benzene rings is 3. The molecule has 0 unspecified atom stereocenters. The lowest BCUT2D eigenvalue weighted by Gasteiger charge is -2.24. The summed E-state index contributed by atoms with van der Waals surface area (Å²) in [5.41, 5.74) is 2.28. The lowest BCUT2D eigenvalue weighted by molar-refractivity contribution is -0.138. The average Bonchev–Trinajstić information content (AvgIpc) is 3.62. The minimum Gasteiger partial charge on any atom is -0.490 e. The highest BCUT2D eigenvalue weighted by atomic mass is 32.1. The molecule has 5 aromatic rings.